The lowest BCUT2D eigenvalue weighted by Gasteiger charge is -2.03. The van der Waals surface area contributed by atoms with Crippen molar-refractivity contribution in [2.24, 2.45) is 5.73 Å². The third-order valence-electron chi connectivity index (χ3n) is 2.72. The molecule has 0 saturated heterocycles. The lowest BCUT2D eigenvalue weighted by Crippen LogP contribution is -2.13. The van der Waals surface area contributed by atoms with Gasteiger partial charge in [-0.25, -0.2) is 4.79 Å². The number of carbonyl (C=O) groups excluding carboxylic acids is 1. The molecule has 20 heavy (non-hydrogen) atoms. The third kappa shape index (κ3) is 2.21. The number of aromatic amines is 1. The molecule has 2 aromatic rings. The van der Waals surface area contributed by atoms with E-state index in [1.54, 1.807) is 0 Å². The number of H-pyrrole nitrogens is 1. The third-order valence-corrected chi connectivity index (χ3v) is 2.72. The number of rotatable bonds is 4. The highest BCUT2D eigenvalue weighted by Crippen LogP contribution is 2.29. The van der Waals surface area contributed by atoms with Crippen LogP contribution in [0.4, 0.5) is 5.69 Å². The Morgan fingerprint density at radius 1 is 1.25 bits per heavy atom. The molecule has 1 amide bonds. The van der Waals surface area contributed by atoms with Crippen molar-refractivity contribution in [2.45, 2.75) is 0 Å². The number of benzene rings is 1. The van der Waals surface area contributed by atoms with Crippen molar-refractivity contribution in [3.8, 4) is 11.1 Å². The van der Waals surface area contributed by atoms with E-state index in [-0.39, 0.29) is 22.5 Å². The molecular formula is C12H9N3O5. The van der Waals surface area contributed by atoms with Crippen LogP contribution < -0.4 is 5.73 Å². The van der Waals surface area contributed by atoms with Crippen LogP contribution in [0, 0.1) is 10.1 Å². The van der Waals surface area contributed by atoms with Crippen molar-refractivity contribution in [3.05, 3.63) is 51.8 Å². The number of aromatic carboxylic acids is 1. The number of nitro benzene ring substituents is 1. The average molecular weight is 275 g/mol. The van der Waals surface area contributed by atoms with Crippen LogP contribution in [0.2, 0.25) is 0 Å². The van der Waals surface area contributed by atoms with E-state index >= 15 is 0 Å². The summed E-state index contributed by atoms with van der Waals surface area (Å²) in [6, 6.07) is 5.16. The fourth-order valence-corrected chi connectivity index (χ4v) is 1.84. The Balaban J connectivity index is 2.61. The number of carboxylic acids is 1. The first-order chi connectivity index (χ1) is 9.41. The van der Waals surface area contributed by atoms with Crippen LogP contribution in [0.1, 0.15) is 20.8 Å². The number of nitrogens with one attached hydrogen (secondary N) is 1. The molecule has 8 heteroatoms. The van der Waals surface area contributed by atoms with E-state index in [9.17, 15) is 19.7 Å². The standard InChI is InChI=1S/C12H9N3O5/c13-11(16)10-9(8(5-14-10)12(17)18)6-1-3-7(4-2-6)15(19)20/h1-5,14H,(H2,13,16)(H,17,18). The first-order valence-electron chi connectivity index (χ1n) is 5.41. The van der Waals surface area contributed by atoms with Gasteiger partial charge < -0.3 is 15.8 Å². The van der Waals surface area contributed by atoms with E-state index in [4.69, 9.17) is 10.8 Å². The first kappa shape index (κ1) is 13.3. The molecule has 0 aliphatic rings. The van der Waals surface area contributed by atoms with Crippen LogP contribution in [0.15, 0.2) is 30.5 Å². The van der Waals surface area contributed by atoms with Crippen molar-refractivity contribution in [1.82, 2.24) is 4.98 Å². The lowest BCUT2D eigenvalue weighted by atomic mass is 10.0. The molecule has 0 radical (unpaired) electrons. The van der Waals surface area contributed by atoms with Gasteiger partial charge in [0.15, 0.2) is 0 Å². The van der Waals surface area contributed by atoms with Crippen molar-refractivity contribution < 1.29 is 19.6 Å². The van der Waals surface area contributed by atoms with E-state index < -0.39 is 16.8 Å². The van der Waals surface area contributed by atoms with Gasteiger partial charge in [0.2, 0.25) is 0 Å². The van der Waals surface area contributed by atoms with E-state index in [1.165, 1.54) is 24.3 Å². The van der Waals surface area contributed by atoms with Gasteiger partial charge in [-0.1, -0.05) is 0 Å². The number of non-ortho nitro benzene ring substituents is 1. The summed E-state index contributed by atoms with van der Waals surface area (Å²) in [6.45, 7) is 0. The predicted molar refractivity (Wildman–Crippen MR) is 68.4 cm³/mol. The van der Waals surface area contributed by atoms with Gasteiger partial charge in [0.05, 0.1) is 10.5 Å². The number of aromatic nitrogens is 1. The van der Waals surface area contributed by atoms with Crippen LogP contribution in [-0.4, -0.2) is 26.9 Å². The summed E-state index contributed by atoms with van der Waals surface area (Å²) in [4.78, 5) is 34.9. The Morgan fingerprint density at radius 3 is 2.30 bits per heavy atom. The summed E-state index contributed by atoms with van der Waals surface area (Å²) in [5.74, 6) is -2.05. The van der Waals surface area contributed by atoms with Gasteiger partial charge in [-0.3, -0.25) is 14.9 Å². The van der Waals surface area contributed by atoms with Gasteiger partial charge in [-0.2, -0.15) is 0 Å². The molecule has 0 saturated carbocycles. The van der Waals surface area contributed by atoms with E-state index in [2.05, 4.69) is 4.98 Å². The molecule has 0 unspecified atom stereocenters. The number of carbonyl (C=O) groups is 2. The minimum atomic E-state index is -1.23. The summed E-state index contributed by atoms with van der Waals surface area (Å²) in [5.41, 5.74) is 5.31. The Bertz CT molecular complexity index is 671. The van der Waals surface area contributed by atoms with Crippen molar-refractivity contribution in [2.75, 3.05) is 0 Å². The van der Waals surface area contributed by atoms with Gasteiger partial charge in [0.25, 0.3) is 11.6 Å². The largest absolute Gasteiger partial charge is 0.478 e. The van der Waals surface area contributed by atoms with E-state index in [1.807, 2.05) is 0 Å². The average Bonchev–Trinajstić information content (AvgIpc) is 2.83. The number of hydrogen-bond donors (Lipinski definition) is 3. The van der Waals surface area contributed by atoms with Crippen LogP contribution in [0.25, 0.3) is 11.1 Å². The summed E-state index contributed by atoms with van der Waals surface area (Å²) in [6.07, 6.45) is 1.15. The molecule has 102 valence electrons. The molecule has 0 atom stereocenters. The van der Waals surface area contributed by atoms with Gasteiger partial charge in [0.1, 0.15) is 5.69 Å². The Labute approximate surface area is 112 Å². The molecule has 8 nitrogen and oxygen atoms in total. The number of nitro groups is 1. The molecule has 0 fully saturated rings. The molecule has 4 N–H and O–H groups in total. The van der Waals surface area contributed by atoms with Gasteiger partial charge in [0, 0.05) is 23.9 Å². The summed E-state index contributed by atoms with van der Waals surface area (Å²) in [5, 5.41) is 19.7. The number of nitrogens with zero attached hydrogens (tertiary/aromatic N) is 1. The fourth-order valence-electron chi connectivity index (χ4n) is 1.84. The van der Waals surface area contributed by atoms with Crippen molar-refractivity contribution in [3.63, 3.8) is 0 Å². The molecule has 0 bridgehead atoms. The van der Waals surface area contributed by atoms with Gasteiger partial charge in [-0.05, 0) is 17.7 Å². The lowest BCUT2D eigenvalue weighted by molar-refractivity contribution is -0.384. The zero-order valence-electron chi connectivity index (χ0n) is 9.99. The van der Waals surface area contributed by atoms with Crippen LogP contribution in [0.3, 0.4) is 0 Å². The highest BCUT2D eigenvalue weighted by Gasteiger charge is 2.21. The maximum Gasteiger partial charge on any atom is 0.337 e. The van der Waals surface area contributed by atoms with Crippen molar-refractivity contribution in [1.29, 1.82) is 0 Å². The second-order valence-electron chi connectivity index (χ2n) is 3.93. The molecule has 1 aromatic carbocycles. The quantitative estimate of drug-likeness (QED) is 0.571. The number of hydrogen-bond acceptors (Lipinski definition) is 4. The topological polar surface area (TPSA) is 139 Å². The van der Waals surface area contributed by atoms with Crippen LogP contribution in [-0.2, 0) is 0 Å². The Hall–Kier alpha value is -3.16. The summed E-state index contributed by atoms with van der Waals surface area (Å²) >= 11 is 0. The van der Waals surface area contributed by atoms with Crippen LogP contribution >= 0.6 is 0 Å². The summed E-state index contributed by atoms with van der Waals surface area (Å²) < 4.78 is 0. The zero-order chi connectivity index (χ0) is 14.9. The number of nitrogens with two attached hydrogens (primary N) is 1. The molecule has 2 rings (SSSR count). The fraction of sp³-hybridized carbons (Fsp3) is 0. The van der Waals surface area contributed by atoms with Crippen LogP contribution in [0.5, 0.6) is 0 Å². The second kappa shape index (κ2) is 4.84. The monoisotopic (exact) mass is 275 g/mol. The molecular weight excluding hydrogens is 266 g/mol. The Kier molecular flexibility index (Phi) is 3.21. The smallest absolute Gasteiger partial charge is 0.337 e. The second-order valence-corrected chi connectivity index (χ2v) is 3.93. The van der Waals surface area contributed by atoms with E-state index in [0.29, 0.717) is 5.56 Å². The molecule has 0 spiro atoms. The number of amides is 1. The van der Waals surface area contributed by atoms with E-state index in [0.717, 1.165) is 6.20 Å². The van der Waals surface area contributed by atoms with Crippen molar-refractivity contribution >= 4 is 17.6 Å². The minimum absolute atomic E-state index is 0.0590. The Morgan fingerprint density at radius 2 is 1.85 bits per heavy atom. The minimum Gasteiger partial charge on any atom is -0.478 e. The molecule has 1 heterocycles. The maximum atomic E-state index is 11.3. The first-order valence-corrected chi connectivity index (χ1v) is 5.41. The predicted octanol–water partition coefficient (Wildman–Crippen LogP) is 1.39. The highest BCUT2D eigenvalue weighted by atomic mass is 16.6. The SMILES string of the molecule is NC(=O)c1[nH]cc(C(=O)O)c1-c1ccc([N+](=O)[O-])cc1. The van der Waals surface area contributed by atoms with Gasteiger partial charge >= 0.3 is 5.97 Å². The number of primary amides is 1. The normalized spacial score (nSPS) is 10.2. The van der Waals surface area contributed by atoms with Gasteiger partial charge in [-0.15, -0.1) is 0 Å². The summed E-state index contributed by atoms with van der Waals surface area (Å²) in [7, 11) is 0. The maximum absolute atomic E-state index is 11.3. The molecule has 1 aromatic heterocycles. The molecule has 0 aliphatic carbocycles. The molecule has 0 aliphatic heterocycles. The zero-order valence-corrected chi connectivity index (χ0v) is 9.99. The number of carboxylic acid groups (broad SMARTS) is 1. The highest BCUT2D eigenvalue weighted by molar-refractivity contribution is 6.06.